The number of hydrogen-bond donors (Lipinski definition) is 2. The van der Waals surface area contributed by atoms with Gasteiger partial charge < -0.3 is 24.7 Å². The molecule has 0 fully saturated rings. The Morgan fingerprint density at radius 1 is 1.34 bits per heavy atom. The topological polar surface area (TPSA) is 116 Å². The Labute approximate surface area is 205 Å². The summed E-state index contributed by atoms with van der Waals surface area (Å²) in [7, 11) is 1.72. The van der Waals surface area contributed by atoms with E-state index in [2.05, 4.69) is 21.8 Å². The van der Waals surface area contributed by atoms with Crippen molar-refractivity contribution in [2.75, 3.05) is 26.7 Å². The Bertz CT molecular complexity index is 1100. The number of likely N-dealkylation sites (N-methyl/N-ethyl adjacent to an activating group) is 1. The van der Waals surface area contributed by atoms with Gasteiger partial charge in [0, 0.05) is 43.7 Å². The summed E-state index contributed by atoms with van der Waals surface area (Å²) < 4.78 is 6.21. The van der Waals surface area contributed by atoms with E-state index in [4.69, 9.17) is 4.74 Å². The molecule has 1 aliphatic heterocycles. The summed E-state index contributed by atoms with van der Waals surface area (Å²) in [6, 6.07) is 4.77. The number of pyridine rings is 2. The van der Waals surface area contributed by atoms with Crippen molar-refractivity contribution in [2.45, 2.75) is 45.4 Å². The molecule has 35 heavy (non-hydrogen) atoms. The van der Waals surface area contributed by atoms with Crippen molar-refractivity contribution in [3.8, 4) is 17.7 Å². The van der Waals surface area contributed by atoms with Gasteiger partial charge in [-0.15, -0.1) is 0 Å². The summed E-state index contributed by atoms with van der Waals surface area (Å²) in [6.07, 6.45) is 3.77. The lowest BCUT2D eigenvalue weighted by Crippen LogP contribution is -2.50. The van der Waals surface area contributed by atoms with E-state index in [-0.39, 0.29) is 42.2 Å². The molecule has 2 amide bonds. The molecule has 4 atom stereocenters. The monoisotopic (exact) mass is 480 g/mol. The molecule has 2 N–H and O–H groups in total. The average Bonchev–Trinajstić information content (AvgIpc) is 2.84. The highest BCUT2D eigenvalue weighted by molar-refractivity contribution is 5.97. The number of fused-ring (bicyclic) bond motifs is 1. The molecule has 0 spiro atoms. The third-order valence-electron chi connectivity index (χ3n) is 5.93. The smallest absolute Gasteiger partial charge is 0.259 e. The molecule has 186 valence electrons. The fourth-order valence-corrected chi connectivity index (χ4v) is 3.76. The van der Waals surface area contributed by atoms with E-state index in [0.717, 1.165) is 5.56 Å². The fraction of sp³-hybridized carbons (Fsp3) is 0.462. The van der Waals surface area contributed by atoms with E-state index in [1.165, 1.54) is 6.20 Å². The molecular formula is C26H32N4O5. The molecule has 2 aromatic heterocycles. The molecule has 0 saturated heterocycles. The Kier molecular flexibility index (Phi) is 8.79. The number of carbonyl (C=O) groups excluding carboxylic acids is 2. The maximum absolute atomic E-state index is 13.4. The first-order valence-electron chi connectivity index (χ1n) is 11.6. The first kappa shape index (κ1) is 26.1. The number of rotatable bonds is 6. The minimum absolute atomic E-state index is 0.0670. The first-order valence-corrected chi connectivity index (χ1v) is 11.6. The number of aromatic nitrogens is 2. The van der Waals surface area contributed by atoms with E-state index in [1.54, 1.807) is 61.3 Å². The summed E-state index contributed by atoms with van der Waals surface area (Å²) in [5, 5.41) is 19.2. The minimum atomic E-state index is -0.819. The van der Waals surface area contributed by atoms with Crippen LogP contribution in [0.4, 0.5) is 0 Å². The van der Waals surface area contributed by atoms with Gasteiger partial charge in [-0.3, -0.25) is 14.6 Å². The van der Waals surface area contributed by atoms with Gasteiger partial charge in [0.15, 0.2) is 0 Å². The van der Waals surface area contributed by atoms with Gasteiger partial charge in [-0.2, -0.15) is 0 Å². The second-order valence-electron chi connectivity index (χ2n) is 8.95. The normalized spacial score (nSPS) is 19.3. The number of ether oxygens (including phenoxy) is 1. The zero-order valence-electron chi connectivity index (χ0n) is 20.5. The lowest BCUT2D eigenvalue weighted by atomic mass is 9.99. The van der Waals surface area contributed by atoms with Crippen LogP contribution < -0.4 is 4.74 Å². The maximum Gasteiger partial charge on any atom is 0.259 e. The summed E-state index contributed by atoms with van der Waals surface area (Å²) in [5.74, 6) is 5.07. The van der Waals surface area contributed by atoms with Crippen LogP contribution in [0.1, 0.15) is 42.3 Å². The molecule has 0 saturated carbocycles. The van der Waals surface area contributed by atoms with E-state index < -0.39 is 18.2 Å². The SMILES string of the molecule is C[C@H](O)C#Cc1cnc2c(c1)C(=O)N([C@H](C)CO)C[C@@H](C)[C@@H](CN(C)C(=O)Cc1ccncc1)O2. The Morgan fingerprint density at radius 2 is 2.06 bits per heavy atom. The fourth-order valence-electron chi connectivity index (χ4n) is 3.76. The standard InChI is InChI=1S/C26H32N4O5/c1-17-14-30(18(2)16-31)26(34)22-11-21(6-5-19(3)32)13-28-25(22)35-23(17)15-29(4)24(33)12-20-7-9-27-10-8-20/h7-11,13,17-19,23,31-32H,12,14-16H2,1-4H3/t17-,18-,19+,23-/m1/s1. The molecule has 0 unspecified atom stereocenters. The van der Waals surface area contributed by atoms with E-state index >= 15 is 0 Å². The van der Waals surface area contributed by atoms with Crippen LogP contribution in [0.5, 0.6) is 5.88 Å². The van der Waals surface area contributed by atoms with Gasteiger partial charge in [0.2, 0.25) is 11.8 Å². The highest BCUT2D eigenvalue weighted by Crippen LogP contribution is 2.27. The van der Waals surface area contributed by atoms with Crippen LogP contribution >= 0.6 is 0 Å². The predicted octanol–water partition coefficient (Wildman–Crippen LogP) is 1.13. The van der Waals surface area contributed by atoms with Crippen molar-refractivity contribution in [3.63, 3.8) is 0 Å². The first-order chi connectivity index (χ1) is 16.7. The van der Waals surface area contributed by atoms with Crippen LogP contribution in [-0.2, 0) is 11.2 Å². The van der Waals surface area contributed by atoms with Crippen molar-refractivity contribution in [2.24, 2.45) is 5.92 Å². The maximum atomic E-state index is 13.4. The summed E-state index contributed by atoms with van der Waals surface area (Å²) >= 11 is 0. The highest BCUT2D eigenvalue weighted by Gasteiger charge is 2.34. The molecule has 3 heterocycles. The Morgan fingerprint density at radius 3 is 2.71 bits per heavy atom. The molecule has 9 nitrogen and oxygen atoms in total. The van der Waals surface area contributed by atoms with Gasteiger partial charge >= 0.3 is 0 Å². The number of amides is 2. The second-order valence-corrected chi connectivity index (χ2v) is 8.95. The molecular weight excluding hydrogens is 448 g/mol. The van der Waals surface area contributed by atoms with E-state index in [1.807, 2.05) is 6.92 Å². The van der Waals surface area contributed by atoms with Gasteiger partial charge in [0.25, 0.3) is 5.91 Å². The van der Waals surface area contributed by atoms with Gasteiger partial charge in [-0.1, -0.05) is 18.8 Å². The second kappa shape index (κ2) is 11.8. The average molecular weight is 481 g/mol. The Hall–Kier alpha value is -3.48. The number of nitrogens with zero attached hydrogens (tertiary/aromatic N) is 4. The third kappa shape index (κ3) is 6.78. The van der Waals surface area contributed by atoms with Crippen LogP contribution in [0.25, 0.3) is 0 Å². The van der Waals surface area contributed by atoms with Gasteiger partial charge in [-0.05, 0) is 37.6 Å². The minimum Gasteiger partial charge on any atom is -0.472 e. The molecule has 0 aromatic carbocycles. The van der Waals surface area contributed by atoms with Crippen LogP contribution in [-0.4, -0.2) is 86.8 Å². The number of hydrogen-bond acceptors (Lipinski definition) is 7. The zero-order valence-corrected chi connectivity index (χ0v) is 20.5. The molecule has 0 aliphatic carbocycles. The van der Waals surface area contributed by atoms with Gasteiger partial charge in [0.05, 0.1) is 25.6 Å². The molecule has 0 radical (unpaired) electrons. The van der Waals surface area contributed by atoms with Gasteiger partial charge in [-0.25, -0.2) is 4.98 Å². The Balaban J connectivity index is 1.89. The van der Waals surface area contributed by atoms with Crippen molar-refractivity contribution < 1.29 is 24.5 Å². The van der Waals surface area contributed by atoms with Crippen molar-refractivity contribution in [1.82, 2.24) is 19.8 Å². The van der Waals surface area contributed by atoms with Crippen LogP contribution in [0.3, 0.4) is 0 Å². The number of carbonyl (C=O) groups is 2. The molecule has 2 aromatic rings. The predicted molar refractivity (Wildman–Crippen MR) is 130 cm³/mol. The van der Waals surface area contributed by atoms with Crippen molar-refractivity contribution >= 4 is 11.8 Å². The molecule has 3 rings (SSSR count). The van der Waals surface area contributed by atoms with Gasteiger partial charge in [0.1, 0.15) is 17.8 Å². The van der Waals surface area contributed by atoms with Crippen molar-refractivity contribution in [3.05, 3.63) is 53.5 Å². The van der Waals surface area contributed by atoms with Crippen LogP contribution in [0, 0.1) is 17.8 Å². The van der Waals surface area contributed by atoms with E-state index in [9.17, 15) is 19.8 Å². The lowest BCUT2D eigenvalue weighted by molar-refractivity contribution is -0.130. The largest absolute Gasteiger partial charge is 0.472 e. The van der Waals surface area contributed by atoms with Crippen LogP contribution in [0.15, 0.2) is 36.8 Å². The molecule has 1 aliphatic rings. The lowest BCUT2D eigenvalue weighted by Gasteiger charge is -2.37. The number of aliphatic hydroxyl groups excluding tert-OH is 2. The summed E-state index contributed by atoms with van der Waals surface area (Å²) in [5.41, 5.74) is 1.56. The molecule has 9 heteroatoms. The summed E-state index contributed by atoms with van der Waals surface area (Å²) in [6.45, 7) is 5.70. The zero-order chi connectivity index (χ0) is 25.5. The summed E-state index contributed by atoms with van der Waals surface area (Å²) in [4.78, 5) is 37.8. The third-order valence-corrected chi connectivity index (χ3v) is 5.93. The number of aliphatic hydroxyl groups is 2. The van der Waals surface area contributed by atoms with Crippen molar-refractivity contribution in [1.29, 1.82) is 0 Å². The highest BCUT2D eigenvalue weighted by atomic mass is 16.5. The molecule has 0 bridgehead atoms. The quantitative estimate of drug-likeness (QED) is 0.596. The van der Waals surface area contributed by atoms with Crippen LogP contribution in [0.2, 0.25) is 0 Å². The van der Waals surface area contributed by atoms with E-state index in [0.29, 0.717) is 18.7 Å².